The van der Waals surface area contributed by atoms with Crippen molar-refractivity contribution in [1.82, 2.24) is 14.8 Å². The van der Waals surface area contributed by atoms with Crippen molar-refractivity contribution in [1.29, 1.82) is 0 Å². The number of halogens is 2. The second kappa shape index (κ2) is 5.66. The molecule has 1 saturated heterocycles. The van der Waals surface area contributed by atoms with Crippen LogP contribution in [-0.2, 0) is 16.9 Å². The highest BCUT2D eigenvalue weighted by Crippen LogP contribution is 2.48. The molecule has 0 radical (unpaired) electrons. The Morgan fingerprint density at radius 1 is 1.35 bits per heavy atom. The zero-order chi connectivity index (χ0) is 14.8. The Hall–Kier alpha value is -1.82. The van der Waals surface area contributed by atoms with Crippen LogP contribution in [0.25, 0.3) is 0 Å². The standard InChI is InChI=1S/C12H11F2N3O.C2H6/c1-8-12(18-8,5-17-7-15-6-16-17)10-3-2-9(13)4-11(10)14;1-2/h2-4,6-8H,5H2,1H3;1-2H3. The van der Waals surface area contributed by atoms with Crippen molar-refractivity contribution in [3.8, 4) is 0 Å². The van der Waals surface area contributed by atoms with Crippen LogP contribution in [0.5, 0.6) is 0 Å². The molecule has 20 heavy (non-hydrogen) atoms. The van der Waals surface area contributed by atoms with Crippen molar-refractivity contribution in [2.24, 2.45) is 0 Å². The molecule has 2 unspecified atom stereocenters. The van der Waals surface area contributed by atoms with Gasteiger partial charge in [0, 0.05) is 11.6 Å². The third kappa shape index (κ3) is 2.56. The summed E-state index contributed by atoms with van der Waals surface area (Å²) >= 11 is 0. The van der Waals surface area contributed by atoms with Gasteiger partial charge in [0.05, 0.1) is 12.6 Å². The second-order valence-corrected chi connectivity index (χ2v) is 4.37. The lowest BCUT2D eigenvalue weighted by atomic mass is 9.95. The maximum absolute atomic E-state index is 13.8. The molecule has 0 amide bonds. The predicted molar refractivity (Wildman–Crippen MR) is 70.0 cm³/mol. The Labute approximate surface area is 116 Å². The largest absolute Gasteiger partial charge is 0.359 e. The molecule has 1 aliphatic heterocycles. The lowest BCUT2D eigenvalue weighted by Gasteiger charge is -2.13. The van der Waals surface area contributed by atoms with Gasteiger partial charge in [-0.15, -0.1) is 0 Å². The van der Waals surface area contributed by atoms with E-state index in [0.29, 0.717) is 12.1 Å². The van der Waals surface area contributed by atoms with Crippen molar-refractivity contribution < 1.29 is 13.5 Å². The van der Waals surface area contributed by atoms with Gasteiger partial charge in [0.15, 0.2) is 0 Å². The molecule has 0 N–H and O–H groups in total. The minimum Gasteiger partial charge on any atom is -0.359 e. The summed E-state index contributed by atoms with van der Waals surface area (Å²) in [5, 5.41) is 3.98. The van der Waals surface area contributed by atoms with E-state index in [2.05, 4.69) is 10.1 Å². The zero-order valence-corrected chi connectivity index (χ0v) is 11.7. The van der Waals surface area contributed by atoms with Crippen LogP contribution >= 0.6 is 0 Å². The van der Waals surface area contributed by atoms with Gasteiger partial charge < -0.3 is 4.74 Å². The summed E-state index contributed by atoms with van der Waals surface area (Å²) < 4.78 is 33.9. The molecule has 0 bridgehead atoms. The first-order valence-electron chi connectivity index (χ1n) is 6.57. The normalized spacial score (nSPS) is 23.9. The van der Waals surface area contributed by atoms with E-state index < -0.39 is 17.2 Å². The molecule has 3 rings (SSSR count). The summed E-state index contributed by atoms with van der Waals surface area (Å²) in [6, 6.07) is 3.52. The first-order chi connectivity index (χ1) is 9.62. The van der Waals surface area contributed by atoms with Crippen LogP contribution in [0.15, 0.2) is 30.9 Å². The fourth-order valence-electron chi connectivity index (χ4n) is 2.20. The fraction of sp³-hybridized carbons (Fsp3) is 0.429. The van der Waals surface area contributed by atoms with Crippen LogP contribution in [0, 0.1) is 11.6 Å². The van der Waals surface area contributed by atoms with Crippen LogP contribution in [0.2, 0.25) is 0 Å². The van der Waals surface area contributed by atoms with Crippen molar-refractivity contribution in [2.45, 2.75) is 39.0 Å². The molecular formula is C14H17F2N3O. The van der Waals surface area contributed by atoms with E-state index in [1.807, 2.05) is 20.8 Å². The van der Waals surface area contributed by atoms with Gasteiger partial charge in [0.25, 0.3) is 0 Å². The SMILES string of the molecule is CC.CC1OC1(Cn1cncn1)c1ccc(F)cc1F. The molecule has 2 atom stereocenters. The monoisotopic (exact) mass is 281 g/mol. The summed E-state index contributed by atoms with van der Waals surface area (Å²) in [4.78, 5) is 3.83. The molecule has 6 heteroatoms. The lowest BCUT2D eigenvalue weighted by Crippen LogP contribution is -2.22. The number of epoxide rings is 1. The third-order valence-corrected chi connectivity index (χ3v) is 3.24. The smallest absolute Gasteiger partial charge is 0.142 e. The zero-order valence-electron chi connectivity index (χ0n) is 11.7. The van der Waals surface area contributed by atoms with Gasteiger partial charge in [0.2, 0.25) is 0 Å². The molecule has 1 fully saturated rings. The number of nitrogens with zero attached hydrogens (tertiary/aromatic N) is 3. The van der Waals surface area contributed by atoms with Crippen LogP contribution < -0.4 is 0 Å². The van der Waals surface area contributed by atoms with Crippen LogP contribution in [0.3, 0.4) is 0 Å². The molecule has 1 aliphatic rings. The van der Waals surface area contributed by atoms with E-state index in [1.54, 1.807) is 4.68 Å². The van der Waals surface area contributed by atoms with Crippen LogP contribution in [0.1, 0.15) is 26.3 Å². The minimum atomic E-state index is -0.772. The van der Waals surface area contributed by atoms with Gasteiger partial charge in [-0.1, -0.05) is 19.9 Å². The van der Waals surface area contributed by atoms with E-state index in [1.165, 1.54) is 24.8 Å². The fourth-order valence-corrected chi connectivity index (χ4v) is 2.20. The number of rotatable bonds is 3. The lowest BCUT2D eigenvalue weighted by molar-refractivity contribution is 0.257. The van der Waals surface area contributed by atoms with Gasteiger partial charge >= 0.3 is 0 Å². The molecule has 0 saturated carbocycles. The average molecular weight is 281 g/mol. The highest BCUT2D eigenvalue weighted by Gasteiger charge is 2.56. The van der Waals surface area contributed by atoms with E-state index in [4.69, 9.17) is 4.74 Å². The Morgan fingerprint density at radius 3 is 2.55 bits per heavy atom. The van der Waals surface area contributed by atoms with Crippen molar-refractivity contribution in [3.05, 3.63) is 48.1 Å². The maximum atomic E-state index is 13.8. The average Bonchev–Trinajstić information content (AvgIpc) is 2.85. The summed E-state index contributed by atoms with van der Waals surface area (Å²) in [7, 11) is 0. The molecule has 4 nitrogen and oxygen atoms in total. The molecular weight excluding hydrogens is 264 g/mol. The topological polar surface area (TPSA) is 43.2 Å². The van der Waals surface area contributed by atoms with Gasteiger partial charge in [-0.05, 0) is 13.0 Å². The van der Waals surface area contributed by atoms with Crippen molar-refractivity contribution in [2.75, 3.05) is 0 Å². The van der Waals surface area contributed by atoms with Crippen LogP contribution in [0.4, 0.5) is 8.78 Å². The minimum absolute atomic E-state index is 0.137. The third-order valence-electron chi connectivity index (χ3n) is 3.24. The summed E-state index contributed by atoms with van der Waals surface area (Å²) in [6.45, 7) is 6.20. The molecule has 1 aromatic carbocycles. The van der Waals surface area contributed by atoms with Gasteiger partial charge in [-0.2, -0.15) is 5.10 Å². The summed E-state index contributed by atoms with van der Waals surface area (Å²) in [5.74, 6) is -1.19. The van der Waals surface area contributed by atoms with E-state index >= 15 is 0 Å². The van der Waals surface area contributed by atoms with E-state index in [0.717, 1.165) is 6.07 Å². The molecule has 2 heterocycles. The van der Waals surface area contributed by atoms with Gasteiger partial charge in [-0.25, -0.2) is 18.4 Å². The maximum Gasteiger partial charge on any atom is 0.142 e. The Kier molecular flexibility index (Phi) is 4.13. The first kappa shape index (κ1) is 14.6. The Balaban J connectivity index is 0.000000704. The van der Waals surface area contributed by atoms with E-state index in [9.17, 15) is 8.78 Å². The first-order valence-corrected chi connectivity index (χ1v) is 6.57. The molecule has 0 aliphatic carbocycles. The quantitative estimate of drug-likeness (QED) is 0.812. The number of hydrogen-bond acceptors (Lipinski definition) is 3. The molecule has 108 valence electrons. The number of hydrogen-bond donors (Lipinski definition) is 0. The van der Waals surface area contributed by atoms with Gasteiger partial charge in [-0.3, -0.25) is 0 Å². The Bertz CT molecular complexity index is 574. The molecule has 1 aromatic heterocycles. The number of benzene rings is 1. The Morgan fingerprint density at radius 2 is 2.05 bits per heavy atom. The summed E-state index contributed by atoms with van der Waals surface area (Å²) in [6.07, 6.45) is 2.81. The number of ether oxygens (including phenoxy) is 1. The van der Waals surface area contributed by atoms with Crippen molar-refractivity contribution >= 4 is 0 Å². The highest BCUT2D eigenvalue weighted by molar-refractivity contribution is 5.30. The predicted octanol–water partition coefficient (Wildman–Crippen LogP) is 2.90. The highest BCUT2D eigenvalue weighted by atomic mass is 19.1. The van der Waals surface area contributed by atoms with Crippen molar-refractivity contribution in [3.63, 3.8) is 0 Å². The molecule has 2 aromatic rings. The second-order valence-electron chi connectivity index (χ2n) is 4.37. The van der Waals surface area contributed by atoms with Gasteiger partial charge in [0.1, 0.15) is 29.9 Å². The molecule has 0 spiro atoms. The number of aromatic nitrogens is 3. The summed E-state index contributed by atoms with van der Waals surface area (Å²) in [5.41, 5.74) is -0.419. The van der Waals surface area contributed by atoms with Crippen LogP contribution in [-0.4, -0.2) is 20.9 Å². The van der Waals surface area contributed by atoms with E-state index in [-0.39, 0.29) is 6.10 Å².